The van der Waals surface area contributed by atoms with E-state index in [1.54, 1.807) is 12.1 Å². The molecule has 0 bridgehead atoms. The number of halogens is 1. The maximum atomic E-state index is 12.7. The topological polar surface area (TPSA) is 55.1 Å². The Hall–Kier alpha value is -2.10. The van der Waals surface area contributed by atoms with Gasteiger partial charge in [0.1, 0.15) is 16.8 Å². The summed E-state index contributed by atoms with van der Waals surface area (Å²) in [5, 5.41) is 9.58. The normalized spacial score (nSPS) is 13.8. The molecule has 1 aliphatic carbocycles. The van der Waals surface area contributed by atoms with Gasteiger partial charge < -0.3 is 5.11 Å². The van der Waals surface area contributed by atoms with Crippen LogP contribution < -0.4 is 5.56 Å². The summed E-state index contributed by atoms with van der Waals surface area (Å²) in [6.45, 7) is 0. The van der Waals surface area contributed by atoms with Crippen LogP contribution >= 0.6 is 27.3 Å². The summed E-state index contributed by atoms with van der Waals surface area (Å²) in [4.78, 5) is 17.9. The van der Waals surface area contributed by atoms with E-state index in [0.717, 1.165) is 4.88 Å². The fourth-order valence-electron chi connectivity index (χ4n) is 2.20. The number of benzene rings is 1. The average molecular weight is 387 g/mol. The van der Waals surface area contributed by atoms with Crippen molar-refractivity contribution in [2.45, 2.75) is 12.8 Å². The van der Waals surface area contributed by atoms with Crippen molar-refractivity contribution >= 4 is 37.5 Å². The monoisotopic (exact) mass is 386 g/mol. The second-order valence-corrected chi connectivity index (χ2v) is 7.33. The van der Waals surface area contributed by atoms with E-state index in [1.807, 2.05) is 6.07 Å². The van der Waals surface area contributed by atoms with E-state index >= 15 is 0 Å². The molecule has 0 spiro atoms. The van der Waals surface area contributed by atoms with Crippen LogP contribution in [-0.4, -0.2) is 14.7 Å². The third-order valence-corrected chi connectivity index (χ3v) is 5.29. The summed E-state index contributed by atoms with van der Waals surface area (Å²) in [6.07, 6.45) is 3.87. The summed E-state index contributed by atoms with van der Waals surface area (Å²) < 4.78 is 2.60. The Bertz CT molecular complexity index is 1040. The number of phenolic OH excluding ortho intramolecular Hbond substituents is 1. The number of aromatic nitrogens is 2. The molecule has 2 heterocycles. The molecule has 1 aliphatic rings. The van der Waals surface area contributed by atoms with Crippen molar-refractivity contribution in [1.82, 2.24) is 9.55 Å². The second kappa shape index (κ2) is 5.52. The zero-order chi connectivity index (χ0) is 16.0. The lowest BCUT2D eigenvalue weighted by Crippen LogP contribution is -2.17. The Morgan fingerprint density at radius 3 is 2.91 bits per heavy atom. The van der Waals surface area contributed by atoms with Crippen LogP contribution in [0.2, 0.25) is 0 Å². The molecule has 0 saturated heterocycles. The Morgan fingerprint density at radius 1 is 1.35 bits per heavy atom. The van der Waals surface area contributed by atoms with Gasteiger partial charge in [0, 0.05) is 5.92 Å². The first-order valence-electron chi connectivity index (χ1n) is 7.13. The Kier molecular flexibility index (Phi) is 3.47. The largest absolute Gasteiger partial charge is 0.507 e. The van der Waals surface area contributed by atoms with Gasteiger partial charge in [0.25, 0.3) is 5.56 Å². The molecule has 23 heavy (non-hydrogen) atoms. The summed E-state index contributed by atoms with van der Waals surface area (Å²) in [6, 6.07) is 6.77. The van der Waals surface area contributed by atoms with Gasteiger partial charge in [-0.3, -0.25) is 9.36 Å². The Balaban J connectivity index is 1.82. The van der Waals surface area contributed by atoms with Crippen molar-refractivity contribution < 1.29 is 5.11 Å². The smallest absolute Gasteiger partial charge is 0.275 e. The van der Waals surface area contributed by atoms with Crippen LogP contribution in [0, 0.1) is 17.8 Å². The molecular formula is C17H11BrN2O2S. The Labute approximate surface area is 144 Å². The zero-order valence-corrected chi connectivity index (χ0v) is 14.3. The highest BCUT2D eigenvalue weighted by atomic mass is 79.9. The lowest BCUT2D eigenvalue weighted by molar-refractivity contribution is 0.472. The van der Waals surface area contributed by atoms with E-state index in [0.29, 0.717) is 26.3 Å². The highest BCUT2D eigenvalue weighted by Crippen LogP contribution is 2.29. The molecule has 114 valence electrons. The zero-order valence-electron chi connectivity index (χ0n) is 11.9. The lowest BCUT2D eigenvalue weighted by Gasteiger charge is -2.06. The number of thiophene rings is 1. The van der Waals surface area contributed by atoms with Gasteiger partial charge in [-0.15, -0.1) is 11.3 Å². The van der Waals surface area contributed by atoms with Gasteiger partial charge in [-0.1, -0.05) is 11.8 Å². The van der Waals surface area contributed by atoms with Crippen molar-refractivity contribution in [1.29, 1.82) is 0 Å². The van der Waals surface area contributed by atoms with Gasteiger partial charge in [0.15, 0.2) is 0 Å². The maximum absolute atomic E-state index is 12.7. The number of hydrogen-bond acceptors (Lipinski definition) is 4. The van der Waals surface area contributed by atoms with Gasteiger partial charge in [0.05, 0.1) is 20.6 Å². The molecule has 3 aromatic rings. The highest BCUT2D eigenvalue weighted by Gasteiger charge is 2.18. The van der Waals surface area contributed by atoms with Crippen LogP contribution in [0.4, 0.5) is 0 Å². The average Bonchev–Trinajstić information content (AvgIpc) is 3.27. The quantitative estimate of drug-likeness (QED) is 0.649. The molecule has 1 N–H and O–H groups in total. The van der Waals surface area contributed by atoms with Crippen LogP contribution in [0.15, 0.2) is 39.9 Å². The molecule has 1 saturated carbocycles. The lowest BCUT2D eigenvalue weighted by atomic mass is 10.3. The summed E-state index contributed by atoms with van der Waals surface area (Å²) in [5.41, 5.74) is 1.19. The van der Waals surface area contributed by atoms with Gasteiger partial charge in [-0.05, 0) is 53.0 Å². The SMILES string of the molecule is O=c1c2sc(C#CC3CC3)cc2ncn1-c1ccc(O)c(Br)c1. The molecular weight excluding hydrogens is 376 g/mol. The minimum atomic E-state index is -0.128. The predicted octanol–water partition coefficient (Wildman–Crippen LogP) is 3.68. The van der Waals surface area contributed by atoms with E-state index < -0.39 is 0 Å². The van der Waals surface area contributed by atoms with E-state index in [-0.39, 0.29) is 11.3 Å². The minimum Gasteiger partial charge on any atom is -0.507 e. The predicted molar refractivity (Wildman–Crippen MR) is 94.2 cm³/mol. The molecule has 0 amide bonds. The Morgan fingerprint density at radius 2 is 2.17 bits per heavy atom. The standard InChI is InChI=1S/C17H11BrN2O2S/c18-13-7-11(4-6-15(13)21)20-9-19-14-8-12(5-3-10-1-2-10)23-16(14)17(20)22/h4,6-10,21H,1-2H2. The number of phenols is 1. The molecule has 0 unspecified atom stereocenters. The maximum Gasteiger partial charge on any atom is 0.275 e. The van der Waals surface area contributed by atoms with Crippen molar-refractivity contribution in [2.24, 2.45) is 5.92 Å². The van der Waals surface area contributed by atoms with E-state index in [2.05, 4.69) is 32.8 Å². The summed E-state index contributed by atoms with van der Waals surface area (Å²) >= 11 is 4.64. The summed E-state index contributed by atoms with van der Waals surface area (Å²) in [5.74, 6) is 7.00. The van der Waals surface area contributed by atoms with Gasteiger partial charge >= 0.3 is 0 Å². The van der Waals surface area contributed by atoms with E-state index in [4.69, 9.17) is 0 Å². The van der Waals surface area contributed by atoms with E-state index in [9.17, 15) is 9.90 Å². The third-order valence-electron chi connectivity index (χ3n) is 3.62. The number of hydrogen-bond donors (Lipinski definition) is 1. The van der Waals surface area contributed by atoms with E-state index in [1.165, 1.54) is 41.1 Å². The van der Waals surface area contributed by atoms with Crippen molar-refractivity contribution in [3.63, 3.8) is 0 Å². The molecule has 2 aromatic heterocycles. The highest BCUT2D eigenvalue weighted by molar-refractivity contribution is 9.10. The second-order valence-electron chi connectivity index (χ2n) is 5.42. The number of fused-ring (bicyclic) bond motifs is 1. The fourth-order valence-corrected chi connectivity index (χ4v) is 3.47. The molecule has 0 aliphatic heterocycles. The van der Waals surface area contributed by atoms with Gasteiger partial charge in [-0.25, -0.2) is 4.98 Å². The van der Waals surface area contributed by atoms with Gasteiger partial charge in [0.2, 0.25) is 0 Å². The van der Waals surface area contributed by atoms with Crippen LogP contribution in [0.5, 0.6) is 5.75 Å². The molecule has 6 heteroatoms. The van der Waals surface area contributed by atoms with Crippen LogP contribution in [0.1, 0.15) is 17.7 Å². The number of rotatable bonds is 1. The molecule has 1 aromatic carbocycles. The fraction of sp³-hybridized carbons (Fsp3) is 0.176. The number of nitrogens with zero attached hydrogens (tertiary/aromatic N) is 2. The number of aromatic hydroxyl groups is 1. The van der Waals surface area contributed by atoms with Crippen LogP contribution in [-0.2, 0) is 0 Å². The molecule has 0 atom stereocenters. The van der Waals surface area contributed by atoms with Crippen molar-refractivity contribution in [2.75, 3.05) is 0 Å². The van der Waals surface area contributed by atoms with Crippen molar-refractivity contribution in [3.05, 3.63) is 50.3 Å². The first-order valence-corrected chi connectivity index (χ1v) is 8.74. The molecule has 0 radical (unpaired) electrons. The summed E-state index contributed by atoms with van der Waals surface area (Å²) in [7, 11) is 0. The first-order chi connectivity index (χ1) is 11.1. The van der Waals surface area contributed by atoms with Gasteiger partial charge in [-0.2, -0.15) is 0 Å². The van der Waals surface area contributed by atoms with Crippen molar-refractivity contribution in [3.8, 4) is 23.3 Å². The third kappa shape index (κ3) is 2.78. The van der Waals surface area contributed by atoms with Crippen LogP contribution in [0.25, 0.3) is 15.9 Å². The van der Waals surface area contributed by atoms with Crippen LogP contribution in [0.3, 0.4) is 0 Å². The molecule has 4 rings (SSSR count). The minimum absolute atomic E-state index is 0.128. The molecule has 4 nitrogen and oxygen atoms in total. The first kappa shape index (κ1) is 14.5. The molecule has 1 fully saturated rings.